The molecule has 1 amide bonds. The second-order valence-corrected chi connectivity index (χ2v) is 10.5. The van der Waals surface area contributed by atoms with E-state index in [1.807, 2.05) is 69.3 Å². The number of ether oxygens (including phenoxy) is 1. The number of benzene rings is 2. The van der Waals surface area contributed by atoms with Crippen LogP contribution in [0.1, 0.15) is 44.7 Å². The number of esters is 1. The van der Waals surface area contributed by atoms with Crippen molar-refractivity contribution in [3.63, 3.8) is 0 Å². The fraction of sp³-hybridized carbons (Fsp3) is 0.345. The predicted octanol–water partition coefficient (Wildman–Crippen LogP) is 4.11. The quantitative estimate of drug-likeness (QED) is 0.658. The van der Waals surface area contributed by atoms with Crippen LogP contribution in [0.3, 0.4) is 0 Å². The van der Waals surface area contributed by atoms with Crippen LogP contribution in [0, 0.1) is 12.3 Å². The largest absolute Gasteiger partial charge is 0.462 e. The molecule has 2 N–H and O–H groups in total. The fourth-order valence-corrected chi connectivity index (χ4v) is 6.04. The summed E-state index contributed by atoms with van der Waals surface area (Å²) in [7, 11) is 1.67. The van der Waals surface area contributed by atoms with Crippen LogP contribution in [-0.4, -0.2) is 31.3 Å². The average molecular weight is 486 g/mol. The van der Waals surface area contributed by atoms with E-state index in [0.29, 0.717) is 28.9 Å². The Balaban J connectivity index is 1.94. The number of likely N-dealkylation sites (N-methyl/N-ethyl adjacent to an activating group) is 1. The van der Waals surface area contributed by atoms with E-state index >= 15 is 0 Å². The van der Waals surface area contributed by atoms with E-state index in [1.54, 1.807) is 18.9 Å². The van der Waals surface area contributed by atoms with Crippen LogP contribution >= 0.6 is 0 Å². The Kier molecular flexibility index (Phi) is 5.36. The lowest BCUT2D eigenvalue weighted by molar-refractivity contribution is -0.140. The molecule has 2 aromatic rings. The summed E-state index contributed by atoms with van der Waals surface area (Å²) in [6.45, 7) is 7.85. The molecule has 0 bridgehead atoms. The molecule has 1 atom stereocenters. The van der Waals surface area contributed by atoms with Gasteiger partial charge in [-0.05, 0) is 49.4 Å². The predicted molar refractivity (Wildman–Crippen MR) is 138 cm³/mol. The van der Waals surface area contributed by atoms with E-state index < -0.39 is 11.4 Å². The van der Waals surface area contributed by atoms with Crippen LogP contribution in [-0.2, 0) is 24.5 Å². The SMILES string of the molecule is CCOC(=O)C1=C(N)N(c2cccc(C)c2)C2=C(C(=O)CC(C)(C)C2)C12C(=O)N(C)c1ccccc12. The highest BCUT2D eigenvalue weighted by Crippen LogP contribution is 2.58. The maximum Gasteiger partial charge on any atom is 0.339 e. The van der Waals surface area contributed by atoms with E-state index in [0.717, 1.165) is 11.3 Å². The molecule has 7 heteroatoms. The molecule has 3 aliphatic rings. The van der Waals surface area contributed by atoms with Crippen LogP contribution in [0.25, 0.3) is 0 Å². The van der Waals surface area contributed by atoms with Gasteiger partial charge in [-0.3, -0.25) is 14.5 Å². The van der Waals surface area contributed by atoms with Gasteiger partial charge in [0.15, 0.2) is 5.78 Å². The Labute approximate surface area is 211 Å². The molecule has 2 aliphatic heterocycles. The molecule has 0 saturated heterocycles. The first-order valence-electron chi connectivity index (χ1n) is 12.2. The number of nitrogens with zero attached hydrogens (tertiary/aromatic N) is 2. The number of para-hydroxylation sites is 1. The van der Waals surface area contributed by atoms with E-state index in [9.17, 15) is 14.4 Å². The minimum absolute atomic E-state index is 0.000498. The van der Waals surface area contributed by atoms with Crippen LogP contribution < -0.4 is 15.5 Å². The number of carbonyl (C=O) groups is 3. The minimum atomic E-state index is -1.66. The van der Waals surface area contributed by atoms with Gasteiger partial charge in [0.1, 0.15) is 16.8 Å². The lowest BCUT2D eigenvalue weighted by Crippen LogP contribution is -2.55. The molecule has 7 nitrogen and oxygen atoms in total. The first-order chi connectivity index (χ1) is 17.0. The number of amides is 1. The monoisotopic (exact) mass is 485 g/mol. The van der Waals surface area contributed by atoms with Crippen molar-refractivity contribution in [1.29, 1.82) is 0 Å². The van der Waals surface area contributed by atoms with Crippen molar-refractivity contribution in [2.45, 2.75) is 46.0 Å². The molecular weight excluding hydrogens is 454 g/mol. The van der Waals surface area contributed by atoms with Crippen molar-refractivity contribution in [1.82, 2.24) is 0 Å². The van der Waals surface area contributed by atoms with Crippen LogP contribution in [0.2, 0.25) is 0 Å². The lowest BCUT2D eigenvalue weighted by atomic mass is 9.60. The number of carbonyl (C=O) groups excluding carboxylic acids is 3. The van der Waals surface area contributed by atoms with Gasteiger partial charge in [-0.25, -0.2) is 4.79 Å². The molecule has 36 heavy (non-hydrogen) atoms. The molecule has 2 heterocycles. The van der Waals surface area contributed by atoms with Crippen molar-refractivity contribution in [3.05, 3.63) is 82.3 Å². The Morgan fingerprint density at radius 2 is 1.81 bits per heavy atom. The smallest absolute Gasteiger partial charge is 0.339 e. The van der Waals surface area contributed by atoms with Gasteiger partial charge < -0.3 is 15.4 Å². The van der Waals surface area contributed by atoms with E-state index in [-0.39, 0.29) is 41.5 Å². The van der Waals surface area contributed by atoms with Gasteiger partial charge in [0, 0.05) is 41.7 Å². The normalized spacial score (nSPS) is 22.8. The third-order valence-corrected chi connectivity index (χ3v) is 7.40. The van der Waals surface area contributed by atoms with E-state index in [4.69, 9.17) is 10.5 Å². The molecule has 5 rings (SSSR count). The lowest BCUT2D eigenvalue weighted by Gasteiger charge is -2.47. The van der Waals surface area contributed by atoms with Crippen molar-refractivity contribution < 1.29 is 19.1 Å². The molecule has 2 aromatic carbocycles. The summed E-state index contributed by atoms with van der Waals surface area (Å²) in [6, 6.07) is 15.0. The summed E-state index contributed by atoms with van der Waals surface area (Å²) in [5.41, 5.74) is 8.80. The van der Waals surface area contributed by atoms with Crippen LogP contribution in [0.15, 0.2) is 71.2 Å². The first-order valence-corrected chi connectivity index (χ1v) is 12.2. The molecule has 1 aliphatic carbocycles. The fourth-order valence-electron chi connectivity index (χ4n) is 6.04. The maximum atomic E-state index is 14.3. The molecule has 0 saturated carbocycles. The number of fused-ring (bicyclic) bond motifs is 3. The van der Waals surface area contributed by atoms with Gasteiger partial charge in [0.05, 0.1) is 6.61 Å². The maximum absolute atomic E-state index is 14.3. The van der Waals surface area contributed by atoms with Crippen molar-refractivity contribution in [3.8, 4) is 0 Å². The van der Waals surface area contributed by atoms with Crippen molar-refractivity contribution in [2.24, 2.45) is 11.1 Å². The number of anilines is 2. The number of nitrogens with two attached hydrogens (primary N) is 1. The number of hydrogen-bond acceptors (Lipinski definition) is 6. The Hall–Kier alpha value is -3.87. The summed E-state index contributed by atoms with van der Waals surface area (Å²) in [5, 5.41) is 0. The number of allylic oxidation sites excluding steroid dienone is 1. The second kappa shape index (κ2) is 8.08. The highest BCUT2D eigenvalue weighted by atomic mass is 16.5. The first kappa shape index (κ1) is 23.9. The topological polar surface area (TPSA) is 92.9 Å². The van der Waals surface area contributed by atoms with E-state index in [2.05, 4.69) is 0 Å². The summed E-state index contributed by atoms with van der Waals surface area (Å²) >= 11 is 0. The van der Waals surface area contributed by atoms with Crippen LogP contribution in [0.4, 0.5) is 11.4 Å². The zero-order chi connectivity index (χ0) is 26.0. The van der Waals surface area contributed by atoms with Gasteiger partial charge in [0.25, 0.3) is 0 Å². The van der Waals surface area contributed by atoms with Gasteiger partial charge in [-0.15, -0.1) is 0 Å². The van der Waals surface area contributed by atoms with Crippen molar-refractivity contribution in [2.75, 3.05) is 23.5 Å². The molecule has 0 fully saturated rings. The highest BCUT2D eigenvalue weighted by molar-refractivity contribution is 6.24. The van der Waals surface area contributed by atoms with Gasteiger partial charge in [0.2, 0.25) is 5.91 Å². The summed E-state index contributed by atoms with van der Waals surface area (Å²) < 4.78 is 5.49. The minimum Gasteiger partial charge on any atom is -0.462 e. The molecule has 1 unspecified atom stereocenters. The zero-order valence-electron chi connectivity index (χ0n) is 21.3. The zero-order valence-corrected chi connectivity index (χ0v) is 21.3. The molecule has 1 spiro atoms. The standard InChI is InChI=1S/C29H31N3O4/c1-6-36-26(34)24-25(30)32(18-11-9-10-17(2)14-18)21-15-28(3,4)16-22(33)23(21)29(24)19-12-7-8-13-20(19)31(5)27(29)35/h7-14H,6,15-16,30H2,1-5H3. The van der Waals surface area contributed by atoms with Crippen molar-refractivity contribution >= 4 is 29.0 Å². The third-order valence-electron chi connectivity index (χ3n) is 7.40. The number of Topliss-reactive ketones (excluding diaryl/α,β-unsaturated/α-hetero) is 1. The van der Waals surface area contributed by atoms with Gasteiger partial charge >= 0.3 is 5.97 Å². The number of hydrogen-bond donors (Lipinski definition) is 1. The second-order valence-electron chi connectivity index (χ2n) is 10.5. The third kappa shape index (κ3) is 3.15. The Bertz CT molecular complexity index is 1390. The Morgan fingerprint density at radius 1 is 1.08 bits per heavy atom. The average Bonchev–Trinajstić information content (AvgIpc) is 3.01. The number of rotatable bonds is 3. The summed E-state index contributed by atoms with van der Waals surface area (Å²) in [6.07, 6.45) is 0.768. The van der Waals surface area contributed by atoms with E-state index in [1.165, 1.54) is 4.90 Å². The van der Waals surface area contributed by atoms with Gasteiger partial charge in [-0.2, -0.15) is 0 Å². The molecule has 0 aromatic heterocycles. The summed E-state index contributed by atoms with van der Waals surface area (Å²) in [5.74, 6) is -1.12. The van der Waals surface area contributed by atoms with Gasteiger partial charge in [-0.1, -0.05) is 44.2 Å². The molecule has 0 radical (unpaired) electrons. The number of ketones is 1. The highest BCUT2D eigenvalue weighted by Gasteiger charge is 2.64. The Morgan fingerprint density at radius 3 is 2.50 bits per heavy atom. The molecule has 186 valence electrons. The van der Waals surface area contributed by atoms with Crippen LogP contribution in [0.5, 0.6) is 0 Å². The molecular formula is C29H31N3O4. The number of aryl methyl sites for hydroxylation is 1. The summed E-state index contributed by atoms with van der Waals surface area (Å²) in [4.78, 5) is 45.4.